The van der Waals surface area contributed by atoms with Gasteiger partial charge in [-0.3, -0.25) is 4.79 Å². The van der Waals surface area contributed by atoms with Gasteiger partial charge < -0.3 is 4.90 Å². The fourth-order valence-electron chi connectivity index (χ4n) is 1.46. The van der Waals surface area contributed by atoms with Crippen molar-refractivity contribution in [2.45, 2.75) is 25.6 Å². The third kappa shape index (κ3) is 3.49. The van der Waals surface area contributed by atoms with E-state index in [0.717, 1.165) is 6.07 Å². The molecule has 0 aliphatic carbocycles. The van der Waals surface area contributed by atoms with Crippen molar-refractivity contribution in [2.24, 2.45) is 0 Å². The van der Waals surface area contributed by atoms with Gasteiger partial charge in [0.25, 0.3) is 5.91 Å². The highest BCUT2D eigenvalue weighted by Gasteiger charge is 2.37. The number of carbonyl (C=O) groups is 1. The van der Waals surface area contributed by atoms with E-state index < -0.39 is 23.2 Å². The molecule has 1 amide bonds. The van der Waals surface area contributed by atoms with E-state index in [1.165, 1.54) is 30.1 Å². The van der Waals surface area contributed by atoms with E-state index in [2.05, 4.69) is 15.9 Å². The molecule has 2 nitrogen and oxygen atoms in total. The predicted octanol–water partition coefficient (Wildman–Crippen LogP) is 3.95. The Balaban J connectivity index is 3.21. The molecule has 0 aliphatic rings. The molecule has 0 bridgehead atoms. The first-order valence-electron chi connectivity index (χ1n) is 5.61. The van der Waals surface area contributed by atoms with Gasteiger partial charge in [-0.05, 0) is 26.0 Å². The maximum atomic E-state index is 12.9. The quantitative estimate of drug-likeness (QED) is 0.764. The Labute approximate surface area is 118 Å². The minimum absolute atomic E-state index is 0.327. The van der Waals surface area contributed by atoms with Crippen molar-refractivity contribution >= 4 is 21.8 Å². The molecule has 106 valence electrons. The maximum absolute atomic E-state index is 12.9. The average Bonchev–Trinajstić information content (AvgIpc) is 2.36. The zero-order valence-corrected chi connectivity index (χ0v) is 12.5. The summed E-state index contributed by atoms with van der Waals surface area (Å²) in [5, 5.41) is 0.469. The summed E-state index contributed by atoms with van der Waals surface area (Å²) in [7, 11) is 1.50. The molecule has 0 aromatic heterocycles. The number of amides is 1. The van der Waals surface area contributed by atoms with Gasteiger partial charge in [-0.2, -0.15) is 13.2 Å². The van der Waals surface area contributed by atoms with E-state index >= 15 is 0 Å². The van der Waals surface area contributed by atoms with Crippen molar-refractivity contribution in [3.63, 3.8) is 0 Å². The molecule has 0 heterocycles. The number of benzene rings is 1. The normalized spacial score (nSPS) is 12.4. The lowest BCUT2D eigenvalue weighted by Crippen LogP contribution is -2.46. The number of carbonyl (C=O) groups excluding carboxylic acids is 1. The van der Waals surface area contributed by atoms with E-state index in [9.17, 15) is 18.0 Å². The minimum atomic E-state index is -4.54. The summed E-state index contributed by atoms with van der Waals surface area (Å²) in [6.45, 7) is 3.55. The molecule has 19 heavy (non-hydrogen) atoms. The van der Waals surface area contributed by atoms with Crippen LogP contribution in [0, 0.1) is 0 Å². The molecule has 0 aliphatic heterocycles. The second kappa shape index (κ2) is 5.53. The molecule has 0 saturated heterocycles. The van der Waals surface area contributed by atoms with Gasteiger partial charge in [0.15, 0.2) is 0 Å². The Morgan fingerprint density at radius 1 is 1.26 bits per heavy atom. The first-order chi connectivity index (χ1) is 8.61. The van der Waals surface area contributed by atoms with Crippen LogP contribution >= 0.6 is 15.9 Å². The SMILES string of the molecule is CN(C(=O)c1ccccc1C(F)(F)F)C(C)(C)CBr. The predicted molar refractivity (Wildman–Crippen MR) is 71.4 cm³/mol. The highest BCUT2D eigenvalue weighted by Crippen LogP contribution is 2.33. The summed E-state index contributed by atoms with van der Waals surface area (Å²) in [6, 6.07) is 4.82. The smallest absolute Gasteiger partial charge is 0.336 e. The zero-order chi connectivity index (χ0) is 14.8. The van der Waals surface area contributed by atoms with Crippen molar-refractivity contribution in [3.8, 4) is 0 Å². The molecule has 0 saturated carbocycles. The molecule has 0 radical (unpaired) electrons. The summed E-state index contributed by atoms with van der Waals surface area (Å²) in [6.07, 6.45) is -4.54. The van der Waals surface area contributed by atoms with Crippen molar-refractivity contribution < 1.29 is 18.0 Å². The van der Waals surface area contributed by atoms with Crippen molar-refractivity contribution in [1.29, 1.82) is 0 Å². The highest BCUT2D eigenvalue weighted by molar-refractivity contribution is 9.09. The van der Waals surface area contributed by atoms with E-state index in [-0.39, 0.29) is 5.56 Å². The van der Waals surface area contributed by atoms with E-state index in [1.54, 1.807) is 13.8 Å². The molecule has 0 atom stereocenters. The number of rotatable bonds is 3. The summed E-state index contributed by atoms with van der Waals surface area (Å²) in [5.41, 5.74) is -1.81. The Morgan fingerprint density at radius 3 is 2.26 bits per heavy atom. The van der Waals surface area contributed by atoms with Gasteiger partial charge >= 0.3 is 6.18 Å². The Bertz CT molecular complexity index is 471. The number of nitrogens with zero attached hydrogens (tertiary/aromatic N) is 1. The van der Waals surface area contributed by atoms with E-state index in [1.807, 2.05) is 0 Å². The second-order valence-corrected chi connectivity index (χ2v) is 5.41. The highest BCUT2D eigenvalue weighted by atomic mass is 79.9. The van der Waals surface area contributed by atoms with Crippen LogP contribution in [0.25, 0.3) is 0 Å². The Kier molecular flexibility index (Phi) is 4.66. The summed E-state index contributed by atoms with van der Waals surface area (Å²) < 4.78 is 38.6. The Morgan fingerprint density at radius 2 is 1.79 bits per heavy atom. The molecule has 1 rings (SSSR count). The van der Waals surface area contributed by atoms with Gasteiger partial charge in [0.05, 0.1) is 11.1 Å². The number of halogens is 4. The fourth-order valence-corrected chi connectivity index (χ4v) is 1.84. The molecular formula is C13H15BrF3NO. The fraction of sp³-hybridized carbons (Fsp3) is 0.462. The van der Waals surface area contributed by atoms with Crippen molar-refractivity contribution in [3.05, 3.63) is 35.4 Å². The van der Waals surface area contributed by atoms with E-state index in [4.69, 9.17) is 0 Å². The lowest BCUT2D eigenvalue weighted by molar-refractivity contribution is -0.138. The first kappa shape index (κ1) is 16.0. The van der Waals surface area contributed by atoms with Gasteiger partial charge in [-0.1, -0.05) is 28.1 Å². The molecule has 0 N–H and O–H groups in total. The van der Waals surface area contributed by atoms with Crippen molar-refractivity contribution in [2.75, 3.05) is 12.4 Å². The molecule has 6 heteroatoms. The molecule has 0 unspecified atom stereocenters. The van der Waals surface area contributed by atoms with Gasteiger partial charge in [0.2, 0.25) is 0 Å². The van der Waals surface area contributed by atoms with Crippen LogP contribution in [0.1, 0.15) is 29.8 Å². The lowest BCUT2D eigenvalue weighted by atomic mass is 10.0. The average molecular weight is 338 g/mol. The van der Waals surface area contributed by atoms with Crippen LogP contribution in [0.2, 0.25) is 0 Å². The van der Waals surface area contributed by atoms with Crippen LogP contribution in [0.4, 0.5) is 13.2 Å². The van der Waals surface area contributed by atoms with Crippen LogP contribution in [-0.2, 0) is 6.18 Å². The summed E-state index contributed by atoms with van der Waals surface area (Å²) in [5.74, 6) is -0.641. The van der Waals surface area contributed by atoms with Gasteiger partial charge in [-0.15, -0.1) is 0 Å². The van der Waals surface area contributed by atoms with Gasteiger partial charge in [0, 0.05) is 17.9 Å². The van der Waals surface area contributed by atoms with Gasteiger partial charge in [-0.25, -0.2) is 0 Å². The largest absolute Gasteiger partial charge is 0.417 e. The van der Waals surface area contributed by atoms with Crippen molar-refractivity contribution in [1.82, 2.24) is 4.90 Å². The number of alkyl halides is 4. The standard InChI is InChI=1S/C13H15BrF3NO/c1-12(2,8-14)18(3)11(19)9-6-4-5-7-10(9)13(15,16)17/h4-7H,8H2,1-3H3. The van der Waals surface area contributed by atoms with Crippen LogP contribution < -0.4 is 0 Å². The molecule has 0 spiro atoms. The Hall–Kier alpha value is -1.04. The molecule has 0 fully saturated rings. The third-order valence-corrected chi connectivity index (χ3v) is 4.37. The molecule has 1 aromatic carbocycles. The zero-order valence-electron chi connectivity index (χ0n) is 10.9. The van der Waals surface area contributed by atoms with Crippen LogP contribution in [0.3, 0.4) is 0 Å². The number of hydrogen-bond donors (Lipinski definition) is 0. The maximum Gasteiger partial charge on any atom is 0.417 e. The first-order valence-corrected chi connectivity index (χ1v) is 6.74. The summed E-state index contributed by atoms with van der Waals surface area (Å²) in [4.78, 5) is 13.5. The monoisotopic (exact) mass is 337 g/mol. The second-order valence-electron chi connectivity index (χ2n) is 4.85. The third-order valence-electron chi connectivity index (χ3n) is 3.00. The lowest BCUT2D eigenvalue weighted by Gasteiger charge is -2.34. The van der Waals surface area contributed by atoms with Gasteiger partial charge in [0.1, 0.15) is 0 Å². The molecular weight excluding hydrogens is 323 g/mol. The van der Waals surface area contributed by atoms with Crippen LogP contribution in [-0.4, -0.2) is 28.7 Å². The topological polar surface area (TPSA) is 20.3 Å². The molecule has 1 aromatic rings. The minimum Gasteiger partial charge on any atom is -0.336 e. The number of hydrogen-bond acceptors (Lipinski definition) is 1. The van der Waals surface area contributed by atoms with E-state index in [0.29, 0.717) is 5.33 Å². The summed E-state index contributed by atoms with van der Waals surface area (Å²) >= 11 is 3.25. The van der Waals surface area contributed by atoms with Crippen LogP contribution in [0.15, 0.2) is 24.3 Å². The van der Waals surface area contributed by atoms with Crippen LogP contribution in [0.5, 0.6) is 0 Å².